The van der Waals surface area contributed by atoms with Gasteiger partial charge in [-0.25, -0.2) is 4.79 Å². The summed E-state index contributed by atoms with van der Waals surface area (Å²) in [5, 5.41) is 5.92. The van der Waals surface area contributed by atoms with Gasteiger partial charge in [-0.05, 0) is 43.7 Å². The predicted molar refractivity (Wildman–Crippen MR) is 101 cm³/mol. The summed E-state index contributed by atoms with van der Waals surface area (Å²) in [5.41, 5.74) is 1.14. The van der Waals surface area contributed by atoms with Crippen LogP contribution in [-0.2, 0) is 4.79 Å². The smallest absolute Gasteiger partial charge is 0.412 e. The van der Waals surface area contributed by atoms with E-state index in [2.05, 4.69) is 10.6 Å². The van der Waals surface area contributed by atoms with Crippen LogP contribution in [0.5, 0.6) is 11.5 Å². The lowest BCUT2D eigenvalue weighted by Gasteiger charge is -2.17. The van der Waals surface area contributed by atoms with E-state index >= 15 is 0 Å². The number of rotatable bonds is 5. The SMILES string of the molecule is CNC(=O)Oc1cccc(NC(=O)C(C)Oc2ccc(Cl)c(C)c2Cl)c1. The molecule has 0 bridgehead atoms. The molecule has 26 heavy (non-hydrogen) atoms. The van der Waals surface area contributed by atoms with Crippen molar-refractivity contribution in [3.05, 3.63) is 52.0 Å². The Morgan fingerprint density at radius 2 is 1.88 bits per heavy atom. The van der Waals surface area contributed by atoms with Crippen molar-refractivity contribution < 1.29 is 19.1 Å². The van der Waals surface area contributed by atoms with E-state index in [1.807, 2.05) is 0 Å². The molecular formula is C18H18Cl2N2O4. The summed E-state index contributed by atoms with van der Waals surface area (Å²) in [6, 6.07) is 9.71. The Balaban J connectivity index is 2.04. The van der Waals surface area contributed by atoms with Crippen LogP contribution in [0.15, 0.2) is 36.4 Å². The van der Waals surface area contributed by atoms with Crippen molar-refractivity contribution in [1.82, 2.24) is 5.32 Å². The summed E-state index contributed by atoms with van der Waals surface area (Å²) in [4.78, 5) is 23.6. The molecule has 0 aliphatic heterocycles. The van der Waals surface area contributed by atoms with Gasteiger partial charge in [0.15, 0.2) is 6.10 Å². The zero-order valence-corrected chi connectivity index (χ0v) is 15.9. The molecule has 1 atom stereocenters. The van der Waals surface area contributed by atoms with Gasteiger partial charge in [0, 0.05) is 23.8 Å². The Kier molecular flexibility index (Phi) is 6.71. The minimum absolute atomic E-state index is 0.298. The first-order valence-electron chi connectivity index (χ1n) is 7.73. The first-order chi connectivity index (χ1) is 12.3. The van der Waals surface area contributed by atoms with Crippen LogP contribution < -0.4 is 20.1 Å². The standard InChI is InChI=1S/C18H18Cl2N2O4/c1-10-14(19)7-8-15(16(10)20)25-11(2)17(23)22-12-5-4-6-13(9-12)26-18(24)21-3/h4-9,11H,1-3H3,(H,21,24)(H,22,23). The highest BCUT2D eigenvalue weighted by molar-refractivity contribution is 6.36. The van der Waals surface area contributed by atoms with Gasteiger partial charge in [0.05, 0.1) is 5.02 Å². The summed E-state index contributed by atoms with van der Waals surface area (Å²) in [7, 11) is 1.45. The molecule has 0 aliphatic rings. The predicted octanol–water partition coefficient (Wildman–Crippen LogP) is 4.43. The molecule has 0 spiro atoms. The molecule has 0 saturated heterocycles. The average Bonchev–Trinajstić information content (AvgIpc) is 2.62. The molecule has 0 aromatic heterocycles. The number of carbonyl (C=O) groups is 2. The molecule has 138 valence electrons. The monoisotopic (exact) mass is 396 g/mol. The number of carbonyl (C=O) groups excluding carboxylic acids is 2. The van der Waals surface area contributed by atoms with Crippen LogP contribution in [0.2, 0.25) is 10.0 Å². The number of halogens is 2. The van der Waals surface area contributed by atoms with Crippen LogP contribution >= 0.6 is 23.2 Å². The average molecular weight is 397 g/mol. The van der Waals surface area contributed by atoms with Gasteiger partial charge < -0.3 is 20.1 Å². The zero-order chi connectivity index (χ0) is 19.3. The fourth-order valence-electron chi connectivity index (χ4n) is 2.01. The zero-order valence-electron chi connectivity index (χ0n) is 14.4. The largest absolute Gasteiger partial charge is 0.479 e. The number of hydrogen-bond acceptors (Lipinski definition) is 4. The molecule has 0 fully saturated rings. The summed E-state index contributed by atoms with van der Waals surface area (Å²) in [5.74, 6) is 0.283. The Morgan fingerprint density at radius 1 is 1.15 bits per heavy atom. The van der Waals surface area contributed by atoms with Crippen molar-refractivity contribution in [2.45, 2.75) is 20.0 Å². The van der Waals surface area contributed by atoms with E-state index in [0.717, 1.165) is 0 Å². The number of anilines is 1. The second-order valence-electron chi connectivity index (χ2n) is 5.40. The summed E-state index contributed by atoms with van der Waals surface area (Å²) >= 11 is 12.2. The van der Waals surface area contributed by atoms with Gasteiger partial charge in [0.25, 0.3) is 5.91 Å². The molecule has 0 saturated carbocycles. The van der Waals surface area contributed by atoms with E-state index in [9.17, 15) is 9.59 Å². The van der Waals surface area contributed by atoms with Crippen molar-refractivity contribution in [1.29, 1.82) is 0 Å². The number of nitrogens with one attached hydrogen (secondary N) is 2. The van der Waals surface area contributed by atoms with Crippen molar-refractivity contribution in [3.8, 4) is 11.5 Å². The van der Waals surface area contributed by atoms with E-state index in [4.69, 9.17) is 32.7 Å². The Bertz CT molecular complexity index is 827. The Hall–Kier alpha value is -2.44. The van der Waals surface area contributed by atoms with Gasteiger partial charge in [-0.2, -0.15) is 0 Å². The molecule has 2 N–H and O–H groups in total. The van der Waals surface area contributed by atoms with Crippen LogP contribution in [0.4, 0.5) is 10.5 Å². The quantitative estimate of drug-likeness (QED) is 0.783. The van der Waals surface area contributed by atoms with Gasteiger partial charge in [-0.1, -0.05) is 29.3 Å². The van der Waals surface area contributed by atoms with Gasteiger partial charge in [0.1, 0.15) is 11.5 Å². The second-order valence-corrected chi connectivity index (χ2v) is 6.19. The van der Waals surface area contributed by atoms with E-state index in [-0.39, 0.29) is 5.91 Å². The normalized spacial score (nSPS) is 11.4. The van der Waals surface area contributed by atoms with Crippen LogP contribution in [0.1, 0.15) is 12.5 Å². The van der Waals surface area contributed by atoms with Crippen molar-refractivity contribution in [2.24, 2.45) is 0 Å². The number of benzene rings is 2. The van der Waals surface area contributed by atoms with Crippen LogP contribution in [-0.4, -0.2) is 25.2 Å². The van der Waals surface area contributed by atoms with Crippen molar-refractivity contribution in [3.63, 3.8) is 0 Å². The molecule has 0 heterocycles. The van der Waals surface area contributed by atoms with E-state index < -0.39 is 12.2 Å². The minimum Gasteiger partial charge on any atom is -0.479 e. The maximum atomic E-state index is 12.3. The van der Waals surface area contributed by atoms with Gasteiger partial charge in [0.2, 0.25) is 0 Å². The lowest BCUT2D eigenvalue weighted by molar-refractivity contribution is -0.122. The minimum atomic E-state index is -0.809. The van der Waals surface area contributed by atoms with E-state index in [1.54, 1.807) is 44.2 Å². The first kappa shape index (κ1) is 19.9. The maximum absolute atomic E-state index is 12.3. The number of amides is 2. The fraction of sp³-hybridized carbons (Fsp3) is 0.222. The van der Waals surface area contributed by atoms with Gasteiger partial charge >= 0.3 is 6.09 Å². The first-order valence-corrected chi connectivity index (χ1v) is 8.49. The van der Waals surface area contributed by atoms with E-state index in [1.165, 1.54) is 13.1 Å². The summed E-state index contributed by atoms with van der Waals surface area (Å²) in [6.45, 7) is 3.36. The number of hydrogen-bond donors (Lipinski definition) is 2. The van der Waals surface area contributed by atoms with Crippen LogP contribution in [0.3, 0.4) is 0 Å². The molecular weight excluding hydrogens is 379 g/mol. The molecule has 1 unspecified atom stereocenters. The lowest BCUT2D eigenvalue weighted by Crippen LogP contribution is -2.30. The van der Waals surface area contributed by atoms with Crippen molar-refractivity contribution in [2.75, 3.05) is 12.4 Å². The fourth-order valence-corrected chi connectivity index (χ4v) is 2.43. The third-order valence-electron chi connectivity index (χ3n) is 3.47. The molecule has 2 aromatic rings. The third-order valence-corrected chi connectivity index (χ3v) is 4.35. The van der Waals surface area contributed by atoms with Gasteiger partial charge in [-0.3, -0.25) is 4.79 Å². The maximum Gasteiger partial charge on any atom is 0.412 e. The van der Waals surface area contributed by atoms with E-state index in [0.29, 0.717) is 32.8 Å². The molecule has 2 rings (SSSR count). The lowest BCUT2D eigenvalue weighted by atomic mass is 10.2. The van der Waals surface area contributed by atoms with Gasteiger partial charge in [-0.15, -0.1) is 0 Å². The third kappa shape index (κ3) is 5.03. The Labute approximate surface area is 161 Å². The van der Waals surface area contributed by atoms with Crippen LogP contribution in [0, 0.1) is 6.92 Å². The van der Waals surface area contributed by atoms with Crippen molar-refractivity contribution >= 4 is 40.9 Å². The molecule has 0 radical (unpaired) electrons. The topological polar surface area (TPSA) is 76.7 Å². The van der Waals surface area contributed by atoms with Crippen LogP contribution in [0.25, 0.3) is 0 Å². The molecule has 6 nitrogen and oxygen atoms in total. The Morgan fingerprint density at radius 3 is 2.58 bits per heavy atom. The highest BCUT2D eigenvalue weighted by Gasteiger charge is 2.18. The highest BCUT2D eigenvalue weighted by Crippen LogP contribution is 2.33. The molecule has 2 aromatic carbocycles. The molecule has 0 aliphatic carbocycles. The second kappa shape index (κ2) is 8.78. The highest BCUT2D eigenvalue weighted by atomic mass is 35.5. The molecule has 8 heteroatoms. The molecule has 2 amide bonds. The number of ether oxygens (including phenoxy) is 2. The summed E-state index contributed by atoms with van der Waals surface area (Å²) in [6.07, 6.45) is -1.41. The summed E-state index contributed by atoms with van der Waals surface area (Å²) < 4.78 is 10.6.